The molecule has 3 aromatic rings. The molecule has 1 saturated heterocycles. The number of hydrogen-bond acceptors (Lipinski definition) is 6. The minimum Gasteiger partial charge on any atom is -0.493 e. The molecular formula is C40H54ClN3O3S2. The molecule has 0 aromatic heterocycles. The van der Waals surface area contributed by atoms with E-state index in [2.05, 4.69) is 66.1 Å². The highest BCUT2D eigenvalue weighted by Crippen LogP contribution is 2.47. The second-order valence-corrected chi connectivity index (χ2v) is 17.1. The molecule has 49 heavy (non-hydrogen) atoms. The number of nitrogens with one attached hydrogen (secondary N) is 1. The number of rotatable bonds is 12. The van der Waals surface area contributed by atoms with Crippen molar-refractivity contribution in [1.29, 1.82) is 0 Å². The molecule has 0 aliphatic carbocycles. The first kappa shape index (κ1) is 37.9. The van der Waals surface area contributed by atoms with Crippen LogP contribution in [0.1, 0.15) is 85.7 Å². The van der Waals surface area contributed by atoms with Crippen molar-refractivity contribution in [2.24, 2.45) is 22.7 Å². The van der Waals surface area contributed by atoms with Crippen LogP contribution in [-0.2, 0) is 10.0 Å². The Kier molecular flexibility index (Phi) is 13.3. The third-order valence-electron chi connectivity index (χ3n) is 10.8. The van der Waals surface area contributed by atoms with E-state index < -0.39 is 10.0 Å². The Hall–Kier alpha value is -2.36. The third kappa shape index (κ3) is 9.12. The zero-order valence-corrected chi connectivity index (χ0v) is 32.4. The zero-order chi connectivity index (χ0) is 35.1. The van der Waals surface area contributed by atoms with Crippen LogP contribution in [0.2, 0.25) is 5.02 Å². The van der Waals surface area contributed by atoms with E-state index >= 15 is 0 Å². The molecule has 3 aromatic carbocycles. The van der Waals surface area contributed by atoms with Gasteiger partial charge in [0.15, 0.2) is 0 Å². The first-order chi connectivity index (χ1) is 23.6. The lowest BCUT2D eigenvalue weighted by molar-refractivity contribution is 0.246. The molecule has 3 unspecified atom stereocenters. The maximum Gasteiger partial charge on any atom is 0.240 e. The van der Waals surface area contributed by atoms with Crippen molar-refractivity contribution < 1.29 is 13.2 Å². The molecule has 0 bridgehead atoms. The van der Waals surface area contributed by atoms with Gasteiger partial charge in [-0.05, 0) is 132 Å². The van der Waals surface area contributed by atoms with Crippen molar-refractivity contribution in [3.63, 3.8) is 0 Å². The largest absolute Gasteiger partial charge is 0.493 e. The highest BCUT2D eigenvalue weighted by atomic mass is 35.5. The summed E-state index contributed by atoms with van der Waals surface area (Å²) in [4.78, 5) is 8.71. The van der Waals surface area contributed by atoms with Crippen LogP contribution in [-0.4, -0.2) is 64.3 Å². The molecule has 1 N–H and O–H groups in total. The predicted molar refractivity (Wildman–Crippen MR) is 207 cm³/mol. The number of ether oxygens (including phenoxy) is 1. The normalized spacial score (nSPS) is 23.0. The first-order valence-corrected chi connectivity index (χ1v) is 21.1. The summed E-state index contributed by atoms with van der Waals surface area (Å²) in [7, 11) is -2.25. The quantitative estimate of drug-likeness (QED) is 0.202. The Labute approximate surface area is 304 Å². The van der Waals surface area contributed by atoms with E-state index in [1.54, 1.807) is 0 Å². The molecule has 6 nitrogen and oxygen atoms in total. The van der Waals surface area contributed by atoms with E-state index in [-0.39, 0.29) is 22.8 Å². The van der Waals surface area contributed by atoms with Crippen LogP contribution in [0.25, 0.3) is 0 Å². The van der Waals surface area contributed by atoms with Crippen LogP contribution in [0.5, 0.6) is 5.75 Å². The Bertz CT molecular complexity index is 1680. The summed E-state index contributed by atoms with van der Waals surface area (Å²) < 4.78 is 35.6. The topological polar surface area (TPSA) is 71.0 Å². The molecule has 2 aliphatic heterocycles. The number of sulfonamides is 1. The van der Waals surface area contributed by atoms with E-state index in [9.17, 15) is 8.42 Å². The SMILES string of the molecule is CCOc1cc(C)c(S(=O)(=O)NC)cc1C1=N[C@@H](c2ccc(C)cc2)[C@@H](c2ccc(Cl)cc2)CCC1C(C)C1CCCN(CCSC)CC1. The molecule has 0 spiro atoms. The van der Waals surface area contributed by atoms with Gasteiger partial charge in [0.05, 0.1) is 17.5 Å². The monoisotopic (exact) mass is 723 g/mol. The molecular weight excluding hydrogens is 670 g/mol. The van der Waals surface area contributed by atoms with Crippen LogP contribution in [0, 0.1) is 31.6 Å². The maximum atomic E-state index is 13.4. The first-order valence-electron chi connectivity index (χ1n) is 17.9. The summed E-state index contributed by atoms with van der Waals surface area (Å²) in [6.07, 6.45) is 7.62. The summed E-state index contributed by atoms with van der Waals surface area (Å²) >= 11 is 8.30. The van der Waals surface area contributed by atoms with Gasteiger partial charge in [-0.1, -0.05) is 60.5 Å². The van der Waals surface area contributed by atoms with E-state index in [1.807, 2.05) is 49.9 Å². The molecule has 2 aliphatic rings. The number of likely N-dealkylation sites (tertiary alicyclic amines) is 1. The lowest BCUT2D eigenvalue weighted by atomic mass is 9.73. The fourth-order valence-corrected chi connectivity index (χ4v) is 9.46. The Morgan fingerprint density at radius 3 is 2.39 bits per heavy atom. The van der Waals surface area contributed by atoms with Crippen LogP contribution in [0.4, 0.5) is 0 Å². The van der Waals surface area contributed by atoms with Gasteiger partial charge in [-0.25, -0.2) is 13.1 Å². The van der Waals surface area contributed by atoms with Crippen LogP contribution in [0.3, 0.4) is 0 Å². The number of nitrogens with zero attached hydrogens (tertiary/aromatic N) is 2. The second kappa shape index (κ2) is 17.2. The molecule has 5 rings (SSSR count). The Morgan fingerprint density at radius 1 is 1.00 bits per heavy atom. The Balaban J connectivity index is 1.69. The zero-order valence-electron chi connectivity index (χ0n) is 30.0. The molecule has 0 saturated carbocycles. The number of aryl methyl sites for hydroxylation is 2. The van der Waals surface area contributed by atoms with Gasteiger partial charge in [-0.3, -0.25) is 4.99 Å². The van der Waals surface area contributed by atoms with E-state index in [1.165, 1.54) is 31.0 Å². The summed E-state index contributed by atoms with van der Waals surface area (Å²) in [5.41, 5.74) is 6.00. The molecule has 1 fully saturated rings. The van der Waals surface area contributed by atoms with Crippen LogP contribution < -0.4 is 9.46 Å². The summed E-state index contributed by atoms with van der Waals surface area (Å²) in [5.74, 6) is 3.01. The van der Waals surface area contributed by atoms with E-state index in [0.717, 1.165) is 66.5 Å². The number of hydrogen-bond donors (Lipinski definition) is 1. The average Bonchev–Trinajstić information content (AvgIpc) is 3.45. The second-order valence-electron chi connectivity index (χ2n) is 13.9. The number of aliphatic imine (C=N–C) groups is 1. The van der Waals surface area contributed by atoms with Crippen LogP contribution >= 0.6 is 23.4 Å². The fourth-order valence-electron chi connectivity index (χ4n) is 7.92. The highest BCUT2D eigenvalue weighted by Gasteiger charge is 2.38. The Morgan fingerprint density at radius 2 is 1.71 bits per heavy atom. The summed E-state index contributed by atoms with van der Waals surface area (Å²) in [6.45, 7) is 12.2. The van der Waals surface area contributed by atoms with Crippen molar-refractivity contribution in [2.45, 2.75) is 76.7 Å². The summed E-state index contributed by atoms with van der Waals surface area (Å²) in [5, 5.41) is 0.721. The van der Waals surface area contributed by atoms with Crippen molar-refractivity contribution in [1.82, 2.24) is 9.62 Å². The number of benzene rings is 3. The van der Waals surface area contributed by atoms with E-state index in [0.29, 0.717) is 29.8 Å². The van der Waals surface area contributed by atoms with Gasteiger partial charge in [-0.15, -0.1) is 0 Å². The standard InChI is InChI=1S/C40H54ClN3O3S2/c1-7-47-37-25-28(3)38(49(45,46)42-5)26-36(37)40-34(29(4)30-9-8-21-44(22-20-30)23-24-48-6)18-19-35(31-14-16-33(41)17-15-31)39(43-40)32-12-10-27(2)11-13-32/h10-17,25-26,29-30,34-35,39,42H,7-9,18-24H2,1-6H3/t29?,30?,34?,35-,39+/m1/s1. The molecule has 266 valence electrons. The van der Waals surface area contributed by atoms with Gasteiger partial charge < -0.3 is 9.64 Å². The van der Waals surface area contributed by atoms with Gasteiger partial charge in [0.1, 0.15) is 5.75 Å². The van der Waals surface area contributed by atoms with Crippen molar-refractivity contribution >= 4 is 39.1 Å². The number of halogens is 1. The van der Waals surface area contributed by atoms with Gasteiger partial charge in [0.25, 0.3) is 0 Å². The minimum absolute atomic E-state index is 0.125. The van der Waals surface area contributed by atoms with Gasteiger partial charge in [-0.2, -0.15) is 11.8 Å². The van der Waals surface area contributed by atoms with Crippen molar-refractivity contribution in [3.8, 4) is 5.75 Å². The van der Waals surface area contributed by atoms with E-state index in [4.69, 9.17) is 21.3 Å². The van der Waals surface area contributed by atoms with Crippen molar-refractivity contribution in [2.75, 3.05) is 45.3 Å². The third-order valence-corrected chi connectivity index (χ3v) is 13.2. The molecule has 0 radical (unpaired) electrons. The lowest BCUT2D eigenvalue weighted by Gasteiger charge is -2.32. The van der Waals surface area contributed by atoms with Crippen molar-refractivity contribution in [3.05, 3.63) is 93.5 Å². The minimum atomic E-state index is -3.72. The molecule has 5 atom stereocenters. The molecule has 0 amide bonds. The van der Waals surface area contributed by atoms with Gasteiger partial charge in [0.2, 0.25) is 10.0 Å². The van der Waals surface area contributed by atoms with Crippen LogP contribution in [0.15, 0.2) is 70.6 Å². The van der Waals surface area contributed by atoms with Gasteiger partial charge >= 0.3 is 0 Å². The predicted octanol–water partition coefficient (Wildman–Crippen LogP) is 9.09. The highest BCUT2D eigenvalue weighted by molar-refractivity contribution is 7.98. The molecule has 9 heteroatoms. The van der Waals surface area contributed by atoms with Gasteiger partial charge in [0, 0.05) is 40.4 Å². The smallest absolute Gasteiger partial charge is 0.240 e. The molecule has 2 heterocycles. The average molecular weight is 724 g/mol. The maximum absolute atomic E-state index is 13.4. The summed E-state index contributed by atoms with van der Waals surface area (Å²) in [6, 6.07) is 20.6. The fraction of sp³-hybridized carbons (Fsp3) is 0.525. The number of thioether (sulfide) groups is 1. The lowest BCUT2D eigenvalue weighted by Crippen LogP contribution is -2.31.